The van der Waals surface area contributed by atoms with Gasteiger partial charge in [0.25, 0.3) is 0 Å². The van der Waals surface area contributed by atoms with Crippen LogP contribution in [0.2, 0.25) is 0 Å². The molecule has 0 aromatic heterocycles. The number of carbonyl (C=O) groups is 2. The first-order valence-corrected chi connectivity index (χ1v) is 6.40. The van der Waals surface area contributed by atoms with Crippen LogP contribution in [0.15, 0.2) is 0 Å². The summed E-state index contributed by atoms with van der Waals surface area (Å²) >= 11 is 0. The zero-order chi connectivity index (χ0) is 14.3. The van der Waals surface area contributed by atoms with Gasteiger partial charge in [-0.3, -0.25) is 9.59 Å². The number of nitrogens with zero attached hydrogens (tertiary/aromatic N) is 1. The molecule has 0 aliphatic rings. The molecule has 0 saturated heterocycles. The summed E-state index contributed by atoms with van der Waals surface area (Å²) in [7, 11) is 1.37. The highest BCUT2D eigenvalue weighted by atomic mass is 16.5. The Bertz CT molecular complexity index is 286. The van der Waals surface area contributed by atoms with Crippen molar-refractivity contribution < 1.29 is 14.3 Å². The van der Waals surface area contributed by atoms with E-state index in [-0.39, 0.29) is 17.9 Å². The molecule has 0 aliphatic carbocycles. The number of amides is 1. The van der Waals surface area contributed by atoms with E-state index >= 15 is 0 Å². The molecule has 18 heavy (non-hydrogen) atoms. The molecule has 0 spiro atoms. The standard InChI is InChI=1S/C13H26N2O3/c1-7-15(8-2)11(16)10(3)14-9-13(4,5)12(17)18-6/h10,14H,7-9H2,1-6H3. The second kappa shape index (κ2) is 7.36. The lowest BCUT2D eigenvalue weighted by Crippen LogP contribution is -2.48. The average molecular weight is 258 g/mol. The number of hydrogen-bond acceptors (Lipinski definition) is 4. The van der Waals surface area contributed by atoms with E-state index in [4.69, 9.17) is 4.74 Å². The zero-order valence-corrected chi connectivity index (χ0v) is 12.4. The molecule has 1 atom stereocenters. The van der Waals surface area contributed by atoms with Crippen LogP contribution >= 0.6 is 0 Å². The Kier molecular flexibility index (Phi) is 6.91. The van der Waals surface area contributed by atoms with Crippen LogP contribution in [0.3, 0.4) is 0 Å². The van der Waals surface area contributed by atoms with Gasteiger partial charge in [-0.05, 0) is 34.6 Å². The van der Waals surface area contributed by atoms with Gasteiger partial charge in [-0.1, -0.05) is 0 Å². The van der Waals surface area contributed by atoms with Crippen LogP contribution in [0, 0.1) is 5.41 Å². The second-order valence-electron chi connectivity index (χ2n) is 4.99. The smallest absolute Gasteiger partial charge is 0.312 e. The maximum Gasteiger partial charge on any atom is 0.312 e. The summed E-state index contributed by atoms with van der Waals surface area (Å²) in [4.78, 5) is 25.3. The normalized spacial score (nSPS) is 13.0. The van der Waals surface area contributed by atoms with Crippen molar-refractivity contribution in [2.45, 2.75) is 40.7 Å². The summed E-state index contributed by atoms with van der Waals surface area (Å²) in [5.74, 6) is -0.224. The van der Waals surface area contributed by atoms with Crippen molar-refractivity contribution in [3.05, 3.63) is 0 Å². The SMILES string of the molecule is CCN(CC)C(=O)C(C)NCC(C)(C)C(=O)OC. The van der Waals surface area contributed by atoms with Crippen LogP contribution in [0.1, 0.15) is 34.6 Å². The maximum absolute atomic E-state index is 12.0. The Labute approximate surface area is 110 Å². The number of rotatable bonds is 7. The lowest BCUT2D eigenvalue weighted by Gasteiger charge is -2.27. The first-order chi connectivity index (χ1) is 8.30. The topological polar surface area (TPSA) is 58.6 Å². The van der Waals surface area contributed by atoms with E-state index in [1.165, 1.54) is 7.11 Å². The lowest BCUT2D eigenvalue weighted by atomic mass is 9.93. The van der Waals surface area contributed by atoms with Crippen molar-refractivity contribution in [1.82, 2.24) is 10.2 Å². The average Bonchev–Trinajstić information content (AvgIpc) is 2.36. The Hall–Kier alpha value is -1.10. The quantitative estimate of drug-likeness (QED) is 0.693. The summed E-state index contributed by atoms with van der Waals surface area (Å²) in [6, 6.07) is -0.297. The fraction of sp³-hybridized carbons (Fsp3) is 0.846. The first kappa shape index (κ1) is 16.9. The van der Waals surface area contributed by atoms with E-state index in [1.54, 1.807) is 18.7 Å². The molecular formula is C13H26N2O3. The Morgan fingerprint density at radius 2 is 1.78 bits per heavy atom. The van der Waals surface area contributed by atoms with Crippen molar-refractivity contribution in [1.29, 1.82) is 0 Å². The second-order valence-corrected chi connectivity index (χ2v) is 4.99. The highest BCUT2D eigenvalue weighted by Crippen LogP contribution is 2.15. The van der Waals surface area contributed by atoms with Crippen molar-refractivity contribution in [3.63, 3.8) is 0 Å². The number of carbonyl (C=O) groups excluding carboxylic acids is 2. The van der Waals surface area contributed by atoms with E-state index in [0.29, 0.717) is 19.6 Å². The van der Waals surface area contributed by atoms with E-state index in [1.807, 2.05) is 20.8 Å². The predicted molar refractivity (Wildman–Crippen MR) is 71.2 cm³/mol. The molecule has 0 heterocycles. The summed E-state index contributed by atoms with van der Waals surface area (Å²) < 4.78 is 4.72. The number of nitrogens with one attached hydrogen (secondary N) is 1. The fourth-order valence-corrected chi connectivity index (χ4v) is 1.65. The van der Waals surface area contributed by atoms with Crippen LogP contribution in [0.4, 0.5) is 0 Å². The highest BCUT2D eigenvalue weighted by Gasteiger charge is 2.30. The van der Waals surface area contributed by atoms with Crippen LogP contribution in [0.5, 0.6) is 0 Å². The third-order valence-corrected chi connectivity index (χ3v) is 3.03. The molecule has 106 valence electrons. The minimum atomic E-state index is -0.632. The van der Waals surface area contributed by atoms with Crippen molar-refractivity contribution >= 4 is 11.9 Å². The third-order valence-electron chi connectivity index (χ3n) is 3.03. The molecule has 0 saturated carbocycles. The van der Waals surface area contributed by atoms with Gasteiger partial charge in [-0.15, -0.1) is 0 Å². The number of hydrogen-bond donors (Lipinski definition) is 1. The summed E-state index contributed by atoms with van der Waals surface area (Å²) in [5, 5.41) is 3.09. The van der Waals surface area contributed by atoms with E-state index in [0.717, 1.165) is 0 Å². The van der Waals surface area contributed by atoms with Crippen LogP contribution in [-0.2, 0) is 14.3 Å². The van der Waals surface area contributed by atoms with E-state index in [2.05, 4.69) is 5.32 Å². The van der Waals surface area contributed by atoms with Gasteiger partial charge < -0.3 is 15.0 Å². The molecule has 0 rings (SSSR count). The number of ether oxygens (including phenoxy) is 1. The Morgan fingerprint density at radius 3 is 2.17 bits per heavy atom. The number of esters is 1. The summed E-state index contributed by atoms with van der Waals surface area (Å²) in [5.41, 5.74) is -0.632. The fourth-order valence-electron chi connectivity index (χ4n) is 1.65. The van der Waals surface area contributed by atoms with Gasteiger partial charge in [0.2, 0.25) is 5.91 Å². The van der Waals surface area contributed by atoms with Gasteiger partial charge in [0.1, 0.15) is 0 Å². The zero-order valence-electron chi connectivity index (χ0n) is 12.4. The lowest BCUT2D eigenvalue weighted by molar-refractivity contribution is -0.150. The molecule has 1 amide bonds. The summed E-state index contributed by atoms with van der Waals surface area (Å²) in [6.07, 6.45) is 0. The molecule has 0 aromatic carbocycles. The van der Waals surface area contributed by atoms with Gasteiger partial charge in [0.05, 0.1) is 18.6 Å². The van der Waals surface area contributed by atoms with Crippen molar-refractivity contribution in [3.8, 4) is 0 Å². The van der Waals surface area contributed by atoms with Crippen LogP contribution in [0.25, 0.3) is 0 Å². The van der Waals surface area contributed by atoms with E-state index < -0.39 is 5.41 Å². The number of methoxy groups -OCH3 is 1. The van der Waals surface area contributed by atoms with Gasteiger partial charge in [0.15, 0.2) is 0 Å². The van der Waals surface area contributed by atoms with Gasteiger partial charge in [-0.2, -0.15) is 0 Å². The highest BCUT2D eigenvalue weighted by molar-refractivity contribution is 5.81. The minimum Gasteiger partial charge on any atom is -0.469 e. The maximum atomic E-state index is 12.0. The molecule has 0 radical (unpaired) electrons. The molecular weight excluding hydrogens is 232 g/mol. The van der Waals surface area contributed by atoms with Gasteiger partial charge in [0, 0.05) is 19.6 Å². The number of likely N-dealkylation sites (N-methyl/N-ethyl adjacent to an activating group) is 1. The largest absolute Gasteiger partial charge is 0.469 e. The molecule has 1 unspecified atom stereocenters. The first-order valence-electron chi connectivity index (χ1n) is 6.40. The predicted octanol–water partition coefficient (Wildman–Crippen LogP) is 1.03. The molecule has 1 N–H and O–H groups in total. The van der Waals surface area contributed by atoms with Crippen LogP contribution < -0.4 is 5.32 Å². The van der Waals surface area contributed by atoms with E-state index in [9.17, 15) is 9.59 Å². The Balaban J connectivity index is 4.37. The molecule has 0 aromatic rings. The molecule has 5 heteroatoms. The molecule has 5 nitrogen and oxygen atoms in total. The van der Waals surface area contributed by atoms with Gasteiger partial charge >= 0.3 is 5.97 Å². The monoisotopic (exact) mass is 258 g/mol. The summed E-state index contributed by atoms with van der Waals surface area (Å²) in [6.45, 7) is 11.1. The third kappa shape index (κ3) is 4.64. The van der Waals surface area contributed by atoms with Crippen molar-refractivity contribution in [2.24, 2.45) is 5.41 Å². The molecule has 0 aliphatic heterocycles. The minimum absolute atomic E-state index is 0.0562. The van der Waals surface area contributed by atoms with Crippen molar-refractivity contribution in [2.75, 3.05) is 26.7 Å². The van der Waals surface area contributed by atoms with Gasteiger partial charge in [-0.25, -0.2) is 0 Å². The molecule has 0 bridgehead atoms. The molecule has 0 fully saturated rings. The Morgan fingerprint density at radius 1 is 1.28 bits per heavy atom. The van der Waals surface area contributed by atoms with Crippen LogP contribution in [-0.4, -0.2) is 49.6 Å².